The van der Waals surface area contributed by atoms with E-state index in [4.69, 9.17) is 0 Å². The van der Waals surface area contributed by atoms with Crippen LogP contribution in [0.3, 0.4) is 0 Å². The number of ketones is 1. The molecule has 0 aromatic heterocycles. The van der Waals surface area contributed by atoms with Crippen molar-refractivity contribution in [2.75, 3.05) is 0 Å². The molecule has 1 aromatic carbocycles. The first kappa shape index (κ1) is 17.9. The molecular weight excluding hydrogens is 286 g/mol. The Morgan fingerprint density at radius 1 is 1.10 bits per heavy atom. The van der Waals surface area contributed by atoms with Gasteiger partial charge in [-0.3, -0.25) is 4.79 Å². The Hall–Kier alpha value is -1.20. The van der Waals surface area contributed by atoms with Crippen LogP contribution in [0.1, 0.15) is 57.8 Å². The van der Waals surface area contributed by atoms with E-state index in [0.29, 0.717) is 5.56 Å². The van der Waals surface area contributed by atoms with Crippen LogP contribution in [0.25, 0.3) is 0 Å². The summed E-state index contributed by atoms with van der Waals surface area (Å²) in [7, 11) is -3.55. The first-order valence-electron chi connectivity index (χ1n) is 7.29. The van der Waals surface area contributed by atoms with Crippen LogP contribution in [-0.4, -0.2) is 19.7 Å². The van der Waals surface area contributed by atoms with Crippen LogP contribution in [0.5, 0.6) is 0 Å². The highest BCUT2D eigenvalue weighted by Crippen LogP contribution is 2.18. The van der Waals surface area contributed by atoms with Gasteiger partial charge in [0, 0.05) is 17.0 Å². The number of benzene rings is 1. The molecule has 0 heterocycles. The van der Waals surface area contributed by atoms with Crippen molar-refractivity contribution in [3.05, 3.63) is 29.8 Å². The summed E-state index contributed by atoms with van der Waals surface area (Å²) in [4.78, 5) is 12.4. The molecule has 4 nitrogen and oxygen atoms in total. The summed E-state index contributed by atoms with van der Waals surface area (Å²) in [6.07, 6.45) is 1.59. The van der Waals surface area contributed by atoms with Crippen LogP contribution in [0.15, 0.2) is 29.2 Å². The van der Waals surface area contributed by atoms with Crippen molar-refractivity contribution in [1.29, 1.82) is 0 Å². The van der Waals surface area contributed by atoms with E-state index in [0.717, 1.165) is 12.8 Å². The Bertz CT molecular complexity index is 579. The predicted octanol–water partition coefficient (Wildman–Crippen LogP) is 3.38. The lowest BCUT2D eigenvalue weighted by molar-refractivity contribution is 0.0913. The van der Waals surface area contributed by atoms with E-state index in [1.165, 1.54) is 12.1 Å². The molecule has 0 atom stereocenters. The van der Waals surface area contributed by atoms with Crippen molar-refractivity contribution in [3.8, 4) is 0 Å². The minimum absolute atomic E-state index is 0.000146. The summed E-state index contributed by atoms with van der Waals surface area (Å²) in [5.74, 6) is 0.0767. The van der Waals surface area contributed by atoms with Gasteiger partial charge in [0.05, 0.1) is 4.90 Å². The SMILES string of the molecule is CCC(CC)C(=O)c1ccc(S(=O)(=O)NC(C)(C)C)cc1. The molecule has 1 N–H and O–H groups in total. The lowest BCUT2D eigenvalue weighted by Gasteiger charge is -2.20. The number of nitrogens with one attached hydrogen (secondary N) is 1. The smallest absolute Gasteiger partial charge is 0.241 e. The van der Waals surface area contributed by atoms with E-state index in [2.05, 4.69) is 4.72 Å². The highest BCUT2D eigenvalue weighted by molar-refractivity contribution is 7.89. The average Bonchev–Trinajstić information content (AvgIpc) is 2.37. The van der Waals surface area contributed by atoms with Crippen molar-refractivity contribution in [2.24, 2.45) is 5.92 Å². The predicted molar refractivity (Wildman–Crippen MR) is 84.9 cm³/mol. The van der Waals surface area contributed by atoms with Crippen LogP contribution >= 0.6 is 0 Å². The second kappa shape index (κ2) is 6.71. The zero-order valence-corrected chi connectivity index (χ0v) is 14.3. The summed E-state index contributed by atoms with van der Waals surface area (Å²) in [5, 5.41) is 0. The van der Waals surface area contributed by atoms with Gasteiger partial charge in [-0.1, -0.05) is 26.0 Å². The number of hydrogen-bond donors (Lipinski definition) is 1. The lowest BCUT2D eigenvalue weighted by atomic mass is 9.93. The zero-order chi connectivity index (χ0) is 16.3. The summed E-state index contributed by atoms with van der Waals surface area (Å²) >= 11 is 0. The molecule has 0 radical (unpaired) electrons. The summed E-state index contributed by atoms with van der Waals surface area (Å²) < 4.78 is 27.0. The maximum atomic E-state index is 12.2. The Kier molecular flexibility index (Phi) is 5.70. The summed E-state index contributed by atoms with van der Waals surface area (Å²) in [6, 6.07) is 6.17. The molecule has 0 amide bonds. The molecular formula is C16H25NO3S. The topological polar surface area (TPSA) is 63.2 Å². The molecule has 21 heavy (non-hydrogen) atoms. The Balaban J connectivity index is 3.00. The van der Waals surface area contributed by atoms with E-state index in [-0.39, 0.29) is 16.6 Å². The van der Waals surface area contributed by atoms with Crippen LogP contribution in [0.2, 0.25) is 0 Å². The van der Waals surface area contributed by atoms with Crippen molar-refractivity contribution in [1.82, 2.24) is 4.72 Å². The maximum Gasteiger partial charge on any atom is 0.241 e. The fraction of sp³-hybridized carbons (Fsp3) is 0.562. The van der Waals surface area contributed by atoms with Gasteiger partial charge in [-0.25, -0.2) is 13.1 Å². The molecule has 0 saturated heterocycles. The van der Waals surface area contributed by atoms with E-state index < -0.39 is 15.6 Å². The Morgan fingerprint density at radius 2 is 1.57 bits per heavy atom. The molecule has 0 saturated carbocycles. The van der Waals surface area contributed by atoms with Crippen molar-refractivity contribution in [2.45, 2.75) is 57.9 Å². The Labute approximate surface area is 128 Å². The van der Waals surface area contributed by atoms with Crippen molar-refractivity contribution < 1.29 is 13.2 Å². The monoisotopic (exact) mass is 311 g/mol. The zero-order valence-electron chi connectivity index (χ0n) is 13.4. The van der Waals surface area contributed by atoms with Gasteiger partial charge in [-0.05, 0) is 45.7 Å². The van der Waals surface area contributed by atoms with Crippen LogP contribution in [0, 0.1) is 5.92 Å². The highest BCUT2D eigenvalue weighted by Gasteiger charge is 2.22. The highest BCUT2D eigenvalue weighted by atomic mass is 32.2. The van der Waals surface area contributed by atoms with E-state index in [1.807, 2.05) is 13.8 Å². The van der Waals surface area contributed by atoms with Gasteiger partial charge in [0.1, 0.15) is 0 Å². The molecule has 118 valence electrons. The number of sulfonamides is 1. The molecule has 0 aliphatic rings. The number of carbonyl (C=O) groups excluding carboxylic acids is 1. The lowest BCUT2D eigenvalue weighted by Crippen LogP contribution is -2.40. The van der Waals surface area contributed by atoms with Gasteiger partial charge < -0.3 is 0 Å². The maximum absolute atomic E-state index is 12.2. The number of carbonyl (C=O) groups is 1. The standard InChI is InChI=1S/C16H25NO3S/c1-6-12(7-2)15(18)13-8-10-14(11-9-13)21(19,20)17-16(3,4)5/h8-12,17H,6-7H2,1-5H3. The molecule has 1 aromatic rings. The number of rotatable bonds is 6. The van der Waals surface area contributed by atoms with Gasteiger partial charge >= 0.3 is 0 Å². The second-order valence-corrected chi connectivity index (χ2v) is 7.94. The second-order valence-electron chi connectivity index (χ2n) is 6.26. The van der Waals surface area contributed by atoms with Crippen LogP contribution in [-0.2, 0) is 10.0 Å². The van der Waals surface area contributed by atoms with Gasteiger partial charge in [0.2, 0.25) is 10.0 Å². The largest absolute Gasteiger partial charge is 0.294 e. The molecule has 1 rings (SSSR count). The average molecular weight is 311 g/mol. The minimum Gasteiger partial charge on any atom is -0.294 e. The first-order valence-corrected chi connectivity index (χ1v) is 8.77. The van der Waals surface area contributed by atoms with Crippen molar-refractivity contribution >= 4 is 15.8 Å². The third kappa shape index (κ3) is 4.93. The molecule has 0 unspecified atom stereocenters. The van der Waals surface area contributed by atoms with E-state index >= 15 is 0 Å². The van der Waals surface area contributed by atoms with Gasteiger partial charge in [-0.2, -0.15) is 0 Å². The van der Waals surface area contributed by atoms with Gasteiger partial charge in [0.25, 0.3) is 0 Å². The van der Waals surface area contributed by atoms with Crippen molar-refractivity contribution in [3.63, 3.8) is 0 Å². The van der Waals surface area contributed by atoms with Crippen LogP contribution < -0.4 is 4.72 Å². The fourth-order valence-corrected chi connectivity index (χ4v) is 3.57. The molecule has 0 aliphatic heterocycles. The normalized spacial score (nSPS) is 12.7. The third-order valence-electron chi connectivity index (χ3n) is 3.25. The number of Topliss-reactive ketones (excluding diaryl/α,β-unsaturated/α-hetero) is 1. The number of hydrogen-bond acceptors (Lipinski definition) is 3. The first-order chi connectivity index (χ1) is 9.60. The quantitative estimate of drug-likeness (QED) is 0.819. The summed E-state index contributed by atoms with van der Waals surface area (Å²) in [5.41, 5.74) is 0.0291. The van der Waals surface area contributed by atoms with E-state index in [9.17, 15) is 13.2 Å². The fourth-order valence-electron chi connectivity index (χ4n) is 2.16. The van der Waals surface area contributed by atoms with Gasteiger partial charge in [0.15, 0.2) is 5.78 Å². The summed E-state index contributed by atoms with van der Waals surface area (Å²) in [6.45, 7) is 9.33. The third-order valence-corrected chi connectivity index (χ3v) is 5.02. The molecule has 0 aliphatic carbocycles. The van der Waals surface area contributed by atoms with Crippen LogP contribution in [0.4, 0.5) is 0 Å². The van der Waals surface area contributed by atoms with Gasteiger partial charge in [-0.15, -0.1) is 0 Å². The molecule has 5 heteroatoms. The van der Waals surface area contributed by atoms with E-state index in [1.54, 1.807) is 32.9 Å². The minimum atomic E-state index is -3.55. The molecule has 0 spiro atoms. The molecule has 0 fully saturated rings. The molecule has 0 bridgehead atoms. The Morgan fingerprint density at radius 3 is 1.95 bits per heavy atom.